The lowest BCUT2D eigenvalue weighted by Gasteiger charge is -2.19. The molecule has 0 aliphatic rings. The predicted molar refractivity (Wildman–Crippen MR) is 98.3 cm³/mol. The van der Waals surface area contributed by atoms with Gasteiger partial charge in [-0.25, -0.2) is 4.98 Å². The molecule has 0 saturated carbocycles. The molecule has 0 spiro atoms. The van der Waals surface area contributed by atoms with Crippen molar-refractivity contribution in [1.82, 2.24) is 0 Å². The minimum absolute atomic E-state index is 0.0805. The zero-order valence-corrected chi connectivity index (χ0v) is 14.6. The van der Waals surface area contributed by atoms with Gasteiger partial charge in [-0.2, -0.15) is 0 Å². The van der Waals surface area contributed by atoms with Gasteiger partial charge in [0.05, 0.1) is 0 Å². The molecule has 1 heterocycles. The highest BCUT2D eigenvalue weighted by atomic mass is 16.1. The first-order valence-electron chi connectivity index (χ1n) is 8.18. The number of aromatic nitrogens is 1. The molecule has 0 atom stereocenters. The summed E-state index contributed by atoms with van der Waals surface area (Å²) in [5, 5.41) is 4.09. The van der Waals surface area contributed by atoms with E-state index in [2.05, 4.69) is 37.1 Å². The van der Waals surface area contributed by atoms with Gasteiger partial charge in [0.2, 0.25) is 5.52 Å². The van der Waals surface area contributed by atoms with E-state index >= 15 is 0 Å². The second-order valence-corrected chi connectivity index (χ2v) is 7.19. The first-order chi connectivity index (χ1) is 11.3. The molecule has 122 valence electrons. The number of hydrogen-bond donors (Lipinski definition) is 1. The Hall–Kier alpha value is -2.68. The molecule has 0 fully saturated rings. The van der Waals surface area contributed by atoms with Crippen LogP contribution in [0.1, 0.15) is 42.4 Å². The summed E-state index contributed by atoms with van der Waals surface area (Å²) in [6.07, 6.45) is 0. The van der Waals surface area contributed by atoms with Gasteiger partial charge in [-0.1, -0.05) is 39.0 Å². The summed E-state index contributed by atoms with van der Waals surface area (Å²) in [6, 6.07) is 17.8. The number of para-hydroxylation sites is 1. The van der Waals surface area contributed by atoms with E-state index in [-0.39, 0.29) is 11.3 Å². The predicted octanol–water partition coefficient (Wildman–Crippen LogP) is 4.51. The van der Waals surface area contributed by atoms with E-state index in [0.717, 1.165) is 22.3 Å². The zero-order chi connectivity index (χ0) is 17.3. The summed E-state index contributed by atoms with van der Waals surface area (Å²) in [5.74, 6) is -0.0992. The van der Waals surface area contributed by atoms with Gasteiger partial charge in [-0.05, 0) is 41.3 Å². The number of carbonyl (C=O) groups excluding carboxylic acids is 1. The fourth-order valence-electron chi connectivity index (χ4n) is 2.72. The molecule has 3 heteroatoms. The molecule has 3 aromatic rings. The Balaban J connectivity index is 1.89. The van der Waals surface area contributed by atoms with Gasteiger partial charge in [0, 0.05) is 23.9 Å². The number of anilines is 1. The summed E-state index contributed by atoms with van der Waals surface area (Å²) < 4.78 is 0. The van der Waals surface area contributed by atoms with Crippen molar-refractivity contribution in [1.29, 1.82) is 0 Å². The van der Waals surface area contributed by atoms with Crippen LogP contribution in [-0.2, 0) is 5.41 Å². The number of hydrogen-bond acceptors (Lipinski definition) is 1. The molecule has 0 saturated heterocycles. The lowest BCUT2D eigenvalue weighted by Crippen LogP contribution is -2.17. The van der Waals surface area contributed by atoms with E-state index in [4.69, 9.17) is 0 Å². The fraction of sp³-hybridized carbons (Fsp3) is 0.238. The van der Waals surface area contributed by atoms with Crippen LogP contribution in [-0.4, -0.2) is 5.91 Å². The summed E-state index contributed by atoms with van der Waals surface area (Å²) in [5.41, 5.74) is 4.75. The van der Waals surface area contributed by atoms with Gasteiger partial charge < -0.3 is 5.32 Å². The third kappa shape index (κ3) is 3.30. The van der Waals surface area contributed by atoms with Crippen LogP contribution in [0.15, 0.2) is 54.6 Å². The molecule has 0 aliphatic heterocycles. The minimum Gasteiger partial charge on any atom is -0.316 e. The van der Waals surface area contributed by atoms with E-state index in [1.54, 1.807) is 0 Å². The van der Waals surface area contributed by atoms with Gasteiger partial charge in [0.1, 0.15) is 5.69 Å². The SMILES string of the molecule is Cc1ccc2cccc(NC(=O)c3ccc(C(C)(C)C)cc3)c2[nH+]1. The fourth-order valence-corrected chi connectivity index (χ4v) is 2.72. The summed E-state index contributed by atoms with van der Waals surface area (Å²) >= 11 is 0. The molecule has 3 rings (SSSR count). The molecule has 0 aliphatic carbocycles. The van der Waals surface area contributed by atoms with Crippen LogP contribution < -0.4 is 10.3 Å². The van der Waals surface area contributed by atoms with E-state index in [1.807, 2.05) is 55.5 Å². The number of carbonyl (C=O) groups is 1. The quantitative estimate of drug-likeness (QED) is 0.742. The maximum Gasteiger partial charge on any atom is 0.255 e. The second kappa shape index (κ2) is 6.08. The van der Waals surface area contributed by atoms with Crippen molar-refractivity contribution in [2.45, 2.75) is 33.1 Å². The number of aromatic amines is 1. The first kappa shape index (κ1) is 16.2. The second-order valence-electron chi connectivity index (χ2n) is 7.19. The Labute approximate surface area is 142 Å². The highest BCUT2D eigenvalue weighted by Crippen LogP contribution is 2.23. The molecule has 24 heavy (non-hydrogen) atoms. The van der Waals surface area contributed by atoms with Crippen molar-refractivity contribution < 1.29 is 9.78 Å². The topological polar surface area (TPSA) is 43.2 Å². The van der Waals surface area contributed by atoms with Crippen molar-refractivity contribution in [3.63, 3.8) is 0 Å². The number of nitrogens with one attached hydrogen (secondary N) is 2. The van der Waals surface area contributed by atoms with Gasteiger partial charge in [0.25, 0.3) is 5.91 Å². The molecule has 0 radical (unpaired) electrons. The number of pyridine rings is 1. The Morgan fingerprint density at radius 1 is 0.958 bits per heavy atom. The van der Waals surface area contributed by atoms with Crippen molar-refractivity contribution in [2.24, 2.45) is 0 Å². The summed E-state index contributed by atoms with van der Waals surface area (Å²) in [7, 11) is 0. The van der Waals surface area contributed by atoms with E-state index in [1.165, 1.54) is 5.56 Å². The Bertz CT molecular complexity index is 890. The smallest absolute Gasteiger partial charge is 0.255 e. The van der Waals surface area contributed by atoms with Gasteiger partial charge in [0.15, 0.2) is 5.69 Å². The number of H-pyrrole nitrogens is 1. The summed E-state index contributed by atoms with van der Waals surface area (Å²) in [6.45, 7) is 8.49. The van der Waals surface area contributed by atoms with Crippen molar-refractivity contribution in [3.05, 3.63) is 71.4 Å². The number of amides is 1. The Morgan fingerprint density at radius 3 is 2.33 bits per heavy atom. The lowest BCUT2D eigenvalue weighted by molar-refractivity contribution is -0.354. The normalized spacial score (nSPS) is 11.5. The zero-order valence-electron chi connectivity index (χ0n) is 14.6. The van der Waals surface area contributed by atoms with Crippen molar-refractivity contribution in [3.8, 4) is 0 Å². The molecule has 1 aromatic heterocycles. The van der Waals surface area contributed by atoms with Crippen LogP contribution in [0.2, 0.25) is 0 Å². The maximum atomic E-state index is 12.6. The third-order valence-corrected chi connectivity index (χ3v) is 4.19. The summed E-state index contributed by atoms with van der Waals surface area (Å²) in [4.78, 5) is 15.9. The monoisotopic (exact) mass is 319 g/mol. The van der Waals surface area contributed by atoms with Gasteiger partial charge in [-0.3, -0.25) is 4.79 Å². The molecule has 1 amide bonds. The van der Waals surface area contributed by atoms with Crippen LogP contribution in [0.3, 0.4) is 0 Å². The molecule has 0 bridgehead atoms. The van der Waals surface area contributed by atoms with Crippen LogP contribution in [0, 0.1) is 6.92 Å². The average Bonchev–Trinajstić information content (AvgIpc) is 2.54. The number of fused-ring (bicyclic) bond motifs is 1. The van der Waals surface area contributed by atoms with E-state index < -0.39 is 0 Å². The Morgan fingerprint density at radius 2 is 1.67 bits per heavy atom. The first-order valence-corrected chi connectivity index (χ1v) is 8.18. The maximum absolute atomic E-state index is 12.6. The van der Waals surface area contributed by atoms with Gasteiger partial charge in [-0.15, -0.1) is 0 Å². The average molecular weight is 319 g/mol. The van der Waals surface area contributed by atoms with Crippen LogP contribution in [0.25, 0.3) is 10.9 Å². The molecule has 2 N–H and O–H groups in total. The Kier molecular flexibility index (Phi) is 4.10. The minimum atomic E-state index is -0.0992. The highest BCUT2D eigenvalue weighted by Gasteiger charge is 2.16. The van der Waals surface area contributed by atoms with Gasteiger partial charge >= 0.3 is 0 Å². The number of benzene rings is 2. The third-order valence-electron chi connectivity index (χ3n) is 4.19. The standard InChI is InChI=1S/C21H22N2O/c1-14-8-9-15-6-5-7-18(19(15)22-14)23-20(24)16-10-12-17(13-11-16)21(2,3)4/h5-13H,1-4H3,(H,23,24)/p+1. The molecular weight excluding hydrogens is 296 g/mol. The number of rotatable bonds is 2. The van der Waals surface area contributed by atoms with E-state index in [0.29, 0.717) is 5.56 Å². The van der Waals surface area contributed by atoms with Crippen molar-refractivity contribution >= 4 is 22.5 Å². The highest BCUT2D eigenvalue weighted by molar-refractivity contribution is 6.07. The number of aryl methyl sites for hydroxylation is 1. The van der Waals surface area contributed by atoms with Crippen LogP contribution in [0.5, 0.6) is 0 Å². The van der Waals surface area contributed by atoms with Crippen LogP contribution in [0.4, 0.5) is 5.69 Å². The molecule has 3 nitrogen and oxygen atoms in total. The molecule has 0 unspecified atom stereocenters. The van der Waals surface area contributed by atoms with Crippen LogP contribution >= 0.6 is 0 Å². The molecular formula is C21H23N2O+. The van der Waals surface area contributed by atoms with E-state index in [9.17, 15) is 4.79 Å². The van der Waals surface area contributed by atoms with Crippen molar-refractivity contribution in [2.75, 3.05) is 5.32 Å². The largest absolute Gasteiger partial charge is 0.316 e. The lowest BCUT2D eigenvalue weighted by atomic mass is 9.87. The molecule has 2 aromatic carbocycles.